The SMILES string of the molecule is COc1ccc(-c2nnc([C@@H](C)OC(=O)/C=C/c3ccccc3F)o2)cc1. The van der Waals surface area contributed by atoms with Crippen LogP contribution in [0.3, 0.4) is 0 Å². The number of carbonyl (C=O) groups excluding carboxylic acids is 1. The first kappa shape index (κ1) is 18.3. The third kappa shape index (κ3) is 4.58. The molecule has 0 aliphatic carbocycles. The topological polar surface area (TPSA) is 74.5 Å². The van der Waals surface area contributed by atoms with Crippen LogP contribution in [0.1, 0.15) is 24.5 Å². The molecule has 0 saturated heterocycles. The minimum Gasteiger partial charge on any atom is -0.497 e. The van der Waals surface area contributed by atoms with Gasteiger partial charge >= 0.3 is 5.97 Å². The first-order chi connectivity index (χ1) is 13.1. The zero-order valence-electron chi connectivity index (χ0n) is 14.8. The maximum atomic E-state index is 13.5. The largest absolute Gasteiger partial charge is 0.497 e. The average Bonchev–Trinajstić information content (AvgIpc) is 3.18. The van der Waals surface area contributed by atoms with Gasteiger partial charge in [0.25, 0.3) is 5.89 Å². The van der Waals surface area contributed by atoms with E-state index in [-0.39, 0.29) is 5.89 Å². The van der Waals surface area contributed by atoms with Crippen molar-refractivity contribution in [2.24, 2.45) is 0 Å². The number of rotatable bonds is 6. The summed E-state index contributed by atoms with van der Waals surface area (Å²) in [5.41, 5.74) is 1.01. The van der Waals surface area contributed by atoms with Crippen LogP contribution in [0.15, 0.2) is 59.0 Å². The fraction of sp³-hybridized carbons (Fsp3) is 0.150. The highest BCUT2D eigenvalue weighted by molar-refractivity contribution is 5.87. The van der Waals surface area contributed by atoms with Gasteiger partial charge in [-0.15, -0.1) is 10.2 Å². The van der Waals surface area contributed by atoms with Crippen molar-refractivity contribution in [3.05, 3.63) is 71.9 Å². The molecular formula is C20H17FN2O4. The quantitative estimate of drug-likeness (QED) is 0.479. The number of nitrogens with zero attached hydrogens (tertiary/aromatic N) is 2. The lowest BCUT2D eigenvalue weighted by Gasteiger charge is -2.06. The van der Waals surface area contributed by atoms with Gasteiger partial charge < -0.3 is 13.9 Å². The Bertz CT molecular complexity index is 951. The Kier molecular flexibility index (Phi) is 5.61. The van der Waals surface area contributed by atoms with Crippen molar-refractivity contribution < 1.29 is 23.1 Å². The van der Waals surface area contributed by atoms with Gasteiger partial charge in [0.15, 0.2) is 6.10 Å². The Labute approximate surface area is 155 Å². The number of benzene rings is 2. The standard InChI is InChI=1S/C20H17FN2O4/c1-13(26-18(24)12-9-14-5-3-4-6-17(14)21)19-22-23-20(27-19)15-7-10-16(25-2)11-8-15/h3-13H,1-2H3/b12-9+/t13-/m1/s1. The number of aromatic nitrogens is 2. The highest BCUT2D eigenvalue weighted by Crippen LogP contribution is 2.24. The molecule has 27 heavy (non-hydrogen) atoms. The molecule has 0 amide bonds. The van der Waals surface area contributed by atoms with E-state index in [0.29, 0.717) is 22.8 Å². The van der Waals surface area contributed by atoms with E-state index in [9.17, 15) is 9.18 Å². The predicted molar refractivity (Wildman–Crippen MR) is 96.2 cm³/mol. The van der Waals surface area contributed by atoms with Crippen LogP contribution in [0.2, 0.25) is 0 Å². The average molecular weight is 368 g/mol. The summed E-state index contributed by atoms with van der Waals surface area (Å²) in [5, 5.41) is 7.87. The predicted octanol–water partition coefficient (Wildman–Crippen LogP) is 4.20. The summed E-state index contributed by atoms with van der Waals surface area (Å²) in [6.07, 6.45) is 1.75. The summed E-state index contributed by atoms with van der Waals surface area (Å²) < 4.78 is 29.4. The smallest absolute Gasteiger partial charge is 0.331 e. The molecule has 0 fully saturated rings. The van der Waals surface area contributed by atoms with Gasteiger partial charge in [0.05, 0.1) is 7.11 Å². The van der Waals surface area contributed by atoms with E-state index < -0.39 is 17.9 Å². The van der Waals surface area contributed by atoms with Crippen LogP contribution in [0, 0.1) is 5.82 Å². The summed E-state index contributed by atoms with van der Waals surface area (Å²) in [7, 11) is 1.58. The minimum absolute atomic E-state index is 0.161. The molecule has 1 heterocycles. The first-order valence-corrected chi connectivity index (χ1v) is 8.18. The molecule has 138 valence electrons. The van der Waals surface area contributed by atoms with Crippen LogP contribution in [0.25, 0.3) is 17.5 Å². The molecule has 7 heteroatoms. The monoisotopic (exact) mass is 368 g/mol. The van der Waals surface area contributed by atoms with Gasteiger partial charge in [-0.3, -0.25) is 0 Å². The maximum Gasteiger partial charge on any atom is 0.331 e. The molecule has 1 atom stereocenters. The van der Waals surface area contributed by atoms with Gasteiger partial charge in [-0.2, -0.15) is 0 Å². The van der Waals surface area contributed by atoms with Crippen LogP contribution in [0.5, 0.6) is 5.75 Å². The molecule has 0 aliphatic rings. The van der Waals surface area contributed by atoms with Crippen molar-refractivity contribution >= 4 is 12.0 Å². The van der Waals surface area contributed by atoms with E-state index in [4.69, 9.17) is 13.9 Å². The second-order valence-corrected chi connectivity index (χ2v) is 5.61. The summed E-state index contributed by atoms with van der Waals surface area (Å²) in [4.78, 5) is 11.9. The lowest BCUT2D eigenvalue weighted by molar-refractivity contribution is -0.143. The molecule has 0 unspecified atom stereocenters. The normalized spacial score (nSPS) is 12.1. The van der Waals surface area contributed by atoms with Crippen molar-refractivity contribution in [1.82, 2.24) is 10.2 Å². The van der Waals surface area contributed by atoms with E-state index >= 15 is 0 Å². The van der Waals surface area contributed by atoms with E-state index in [0.717, 1.165) is 6.08 Å². The molecule has 0 saturated carbocycles. The number of ether oxygens (including phenoxy) is 2. The van der Waals surface area contributed by atoms with Crippen molar-refractivity contribution in [2.75, 3.05) is 7.11 Å². The molecule has 3 rings (SSSR count). The fourth-order valence-electron chi connectivity index (χ4n) is 2.28. The lowest BCUT2D eigenvalue weighted by atomic mass is 10.2. The third-order valence-electron chi connectivity index (χ3n) is 3.72. The molecule has 0 spiro atoms. The summed E-state index contributed by atoms with van der Waals surface area (Å²) >= 11 is 0. The van der Waals surface area contributed by atoms with Crippen LogP contribution in [-0.4, -0.2) is 23.3 Å². The van der Waals surface area contributed by atoms with Crippen LogP contribution in [-0.2, 0) is 9.53 Å². The number of carbonyl (C=O) groups is 1. The van der Waals surface area contributed by atoms with Gasteiger partial charge in [0.2, 0.25) is 5.89 Å². The van der Waals surface area contributed by atoms with Gasteiger partial charge in [0, 0.05) is 17.2 Å². The van der Waals surface area contributed by atoms with Crippen molar-refractivity contribution in [3.63, 3.8) is 0 Å². The maximum absolute atomic E-state index is 13.5. The number of methoxy groups -OCH3 is 1. The van der Waals surface area contributed by atoms with E-state index in [1.165, 1.54) is 12.1 Å². The Morgan fingerprint density at radius 1 is 1.15 bits per heavy atom. The molecule has 0 bridgehead atoms. The molecule has 0 aliphatic heterocycles. The summed E-state index contributed by atoms with van der Waals surface area (Å²) in [6.45, 7) is 1.61. The second-order valence-electron chi connectivity index (χ2n) is 5.61. The first-order valence-electron chi connectivity index (χ1n) is 8.18. The van der Waals surface area contributed by atoms with Gasteiger partial charge in [0.1, 0.15) is 11.6 Å². The molecule has 6 nitrogen and oxygen atoms in total. The zero-order chi connectivity index (χ0) is 19.2. The second kappa shape index (κ2) is 8.27. The van der Waals surface area contributed by atoms with Crippen molar-refractivity contribution in [3.8, 4) is 17.2 Å². The lowest BCUT2D eigenvalue weighted by Crippen LogP contribution is -2.06. The molecule has 2 aromatic carbocycles. The number of hydrogen-bond donors (Lipinski definition) is 0. The van der Waals surface area contributed by atoms with Gasteiger partial charge in [-0.25, -0.2) is 9.18 Å². The third-order valence-corrected chi connectivity index (χ3v) is 3.72. The Morgan fingerprint density at radius 2 is 1.89 bits per heavy atom. The van der Waals surface area contributed by atoms with Crippen LogP contribution >= 0.6 is 0 Å². The van der Waals surface area contributed by atoms with Crippen molar-refractivity contribution in [1.29, 1.82) is 0 Å². The molecule has 0 N–H and O–H groups in total. The Balaban J connectivity index is 1.64. The van der Waals surface area contributed by atoms with E-state index in [1.807, 2.05) is 0 Å². The zero-order valence-corrected chi connectivity index (χ0v) is 14.8. The Hall–Kier alpha value is -3.48. The number of esters is 1. The molecule has 0 radical (unpaired) electrons. The van der Waals surface area contributed by atoms with Crippen LogP contribution in [0.4, 0.5) is 4.39 Å². The Morgan fingerprint density at radius 3 is 2.59 bits per heavy atom. The molecule has 3 aromatic rings. The summed E-state index contributed by atoms with van der Waals surface area (Å²) in [5.74, 6) is 0.110. The number of halogens is 1. The fourth-order valence-corrected chi connectivity index (χ4v) is 2.28. The minimum atomic E-state index is -0.748. The molecule has 1 aromatic heterocycles. The van der Waals surface area contributed by atoms with Gasteiger partial charge in [-0.05, 0) is 43.3 Å². The van der Waals surface area contributed by atoms with Crippen LogP contribution < -0.4 is 4.74 Å². The molecular weight excluding hydrogens is 351 g/mol. The van der Waals surface area contributed by atoms with E-state index in [2.05, 4.69) is 10.2 Å². The van der Waals surface area contributed by atoms with Gasteiger partial charge in [-0.1, -0.05) is 18.2 Å². The highest BCUT2D eigenvalue weighted by Gasteiger charge is 2.18. The van der Waals surface area contributed by atoms with E-state index in [1.54, 1.807) is 56.5 Å². The van der Waals surface area contributed by atoms with Crippen molar-refractivity contribution in [2.45, 2.75) is 13.0 Å². The highest BCUT2D eigenvalue weighted by atomic mass is 19.1. The summed E-state index contributed by atoms with van der Waals surface area (Å²) in [6, 6.07) is 13.2. The number of hydrogen-bond acceptors (Lipinski definition) is 6.